The molecule has 0 aromatic heterocycles. The van der Waals surface area contributed by atoms with E-state index >= 15 is 0 Å². The Morgan fingerprint density at radius 1 is 1.06 bits per heavy atom. The molecule has 1 saturated heterocycles. The van der Waals surface area contributed by atoms with Crippen LogP contribution in [-0.4, -0.2) is 58.8 Å². The first-order valence-electron chi connectivity index (χ1n) is 12.0. The molecule has 2 aromatic rings. The van der Waals surface area contributed by atoms with Crippen molar-refractivity contribution in [1.29, 1.82) is 0 Å². The molecule has 0 saturated carbocycles. The van der Waals surface area contributed by atoms with E-state index in [9.17, 15) is 14.7 Å². The number of aliphatic hydroxyl groups is 1. The molecule has 6 nitrogen and oxygen atoms in total. The molecule has 34 heavy (non-hydrogen) atoms. The lowest BCUT2D eigenvalue weighted by atomic mass is 9.94. The second kappa shape index (κ2) is 10.7. The van der Waals surface area contributed by atoms with Crippen LogP contribution in [0.15, 0.2) is 48.5 Å². The van der Waals surface area contributed by atoms with Crippen LogP contribution >= 0.6 is 0 Å². The van der Waals surface area contributed by atoms with Gasteiger partial charge in [0.05, 0.1) is 24.9 Å². The van der Waals surface area contributed by atoms with E-state index < -0.39 is 6.10 Å². The Morgan fingerprint density at radius 3 is 2.32 bits per heavy atom. The second-order valence-corrected chi connectivity index (χ2v) is 10.7. The van der Waals surface area contributed by atoms with E-state index in [0.29, 0.717) is 50.1 Å². The molecule has 1 heterocycles. The number of aliphatic hydroxyl groups excluding tert-OH is 1. The zero-order valence-corrected chi connectivity index (χ0v) is 21.1. The second-order valence-electron chi connectivity index (χ2n) is 10.7. The Kier molecular flexibility index (Phi) is 8.16. The Hall–Kier alpha value is -2.70. The van der Waals surface area contributed by atoms with Crippen LogP contribution in [0.3, 0.4) is 0 Å². The van der Waals surface area contributed by atoms with Gasteiger partial charge >= 0.3 is 0 Å². The largest absolute Gasteiger partial charge is 0.393 e. The first-order chi connectivity index (χ1) is 16.0. The number of hydrogen-bond donors (Lipinski definition) is 2. The lowest BCUT2D eigenvalue weighted by Gasteiger charge is -2.42. The monoisotopic (exact) mass is 466 g/mol. The van der Waals surface area contributed by atoms with Gasteiger partial charge < -0.3 is 20.1 Å². The van der Waals surface area contributed by atoms with E-state index in [2.05, 4.69) is 5.32 Å². The van der Waals surface area contributed by atoms with Gasteiger partial charge in [0.2, 0.25) is 0 Å². The van der Waals surface area contributed by atoms with E-state index in [1.165, 1.54) is 0 Å². The number of amides is 2. The normalized spacial score (nSPS) is 16.7. The van der Waals surface area contributed by atoms with Crippen molar-refractivity contribution in [2.75, 3.05) is 19.8 Å². The van der Waals surface area contributed by atoms with E-state index in [1.807, 2.05) is 88.0 Å². The number of hydrogen-bond acceptors (Lipinski definition) is 4. The third-order valence-electron chi connectivity index (χ3n) is 6.09. The number of aryl methyl sites for hydroxylation is 1. The number of carbonyl (C=O) groups excluding carboxylic acids is 2. The fourth-order valence-corrected chi connectivity index (χ4v) is 4.33. The molecule has 0 spiro atoms. The predicted octanol–water partition coefficient (Wildman–Crippen LogP) is 4.00. The average molecular weight is 467 g/mol. The van der Waals surface area contributed by atoms with Crippen molar-refractivity contribution in [1.82, 2.24) is 10.2 Å². The third kappa shape index (κ3) is 6.67. The van der Waals surface area contributed by atoms with Crippen molar-refractivity contribution in [3.05, 3.63) is 70.8 Å². The fourth-order valence-electron chi connectivity index (χ4n) is 4.33. The summed E-state index contributed by atoms with van der Waals surface area (Å²) in [5.74, 6) is -0.137. The minimum absolute atomic E-state index is 0.0275. The molecule has 3 rings (SSSR count). The zero-order chi connectivity index (χ0) is 24.9. The number of benzene rings is 2. The maximum Gasteiger partial charge on any atom is 0.254 e. The molecule has 6 heteroatoms. The van der Waals surface area contributed by atoms with E-state index in [4.69, 9.17) is 4.74 Å². The molecular formula is C28H38N2O4. The summed E-state index contributed by atoms with van der Waals surface area (Å²) in [7, 11) is 0. The molecule has 2 aromatic carbocycles. The van der Waals surface area contributed by atoms with E-state index in [-0.39, 0.29) is 22.9 Å². The number of ether oxygens (including phenoxy) is 1. The molecule has 184 valence electrons. The number of nitrogens with one attached hydrogen (secondary N) is 1. The topological polar surface area (TPSA) is 78.9 Å². The van der Waals surface area contributed by atoms with Gasteiger partial charge in [-0.25, -0.2) is 0 Å². The molecule has 1 atom stereocenters. The van der Waals surface area contributed by atoms with Crippen LogP contribution in [0.25, 0.3) is 0 Å². The van der Waals surface area contributed by atoms with Crippen LogP contribution < -0.4 is 5.32 Å². The Labute approximate surface area is 203 Å². The standard InChI is InChI=1S/C28H38N2O4/c1-27(2,3)29-25(32)23-12-8-6-10-20(23)14-15-22(31)18-21-11-7-9-13-24(21)26(33)30-16-17-34-19-28(30,4)5/h6-13,22,31H,14-19H2,1-5H3,(H,29,32). The summed E-state index contributed by atoms with van der Waals surface area (Å²) in [6.45, 7) is 11.5. The van der Waals surface area contributed by atoms with Crippen molar-refractivity contribution in [3.63, 3.8) is 0 Å². The van der Waals surface area contributed by atoms with Gasteiger partial charge in [0.1, 0.15) is 0 Å². The molecule has 1 fully saturated rings. The quantitative estimate of drug-likeness (QED) is 0.647. The highest BCUT2D eigenvalue weighted by atomic mass is 16.5. The van der Waals surface area contributed by atoms with Gasteiger partial charge in [-0.3, -0.25) is 9.59 Å². The lowest BCUT2D eigenvalue weighted by Crippen LogP contribution is -2.55. The van der Waals surface area contributed by atoms with Gasteiger partial charge in [0.25, 0.3) is 11.8 Å². The van der Waals surface area contributed by atoms with Gasteiger partial charge in [-0.2, -0.15) is 0 Å². The number of nitrogens with zero attached hydrogens (tertiary/aromatic N) is 1. The Morgan fingerprint density at radius 2 is 1.68 bits per heavy atom. The van der Waals surface area contributed by atoms with Crippen LogP contribution in [-0.2, 0) is 17.6 Å². The summed E-state index contributed by atoms with van der Waals surface area (Å²) in [5.41, 5.74) is 2.30. The SMILES string of the molecule is CC(C)(C)NC(=O)c1ccccc1CCC(O)Cc1ccccc1C(=O)N1CCOCC1(C)C. The summed E-state index contributed by atoms with van der Waals surface area (Å²) in [4.78, 5) is 28.0. The van der Waals surface area contributed by atoms with Crippen LogP contribution in [0, 0.1) is 0 Å². The van der Waals surface area contributed by atoms with Crippen LogP contribution in [0.2, 0.25) is 0 Å². The van der Waals surface area contributed by atoms with Gasteiger partial charge in [-0.15, -0.1) is 0 Å². The van der Waals surface area contributed by atoms with Crippen molar-refractivity contribution < 1.29 is 19.4 Å². The molecule has 0 aliphatic carbocycles. The van der Waals surface area contributed by atoms with Gasteiger partial charge in [0, 0.05) is 23.2 Å². The van der Waals surface area contributed by atoms with Crippen molar-refractivity contribution in [2.24, 2.45) is 0 Å². The molecule has 1 unspecified atom stereocenters. The maximum atomic E-state index is 13.4. The highest BCUT2D eigenvalue weighted by molar-refractivity contribution is 5.96. The maximum absolute atomic E-state index is 13.4. The first kappa shape index (κ1) is 25.9. The molecule has 2 amide bonds. The van der Waals surface area contributed by atoms with Crippen LogP contribution in [0.1, 0.15) is 72.9 Å². The summed E-state index contributed by atoms with van der Waals surface area (Å²) < 4.78 is 5.56. The van der Waals surface area contributed by atoms with Crippen molar-refractivity contribution in [3.8, 4) is 0 Å². The molecule has 0 radical (unpaired) electrons. The average Bonchev–Trinajstić information content (AvgIpc) is 2.76. The fraction of sp³-hybridized carbons (Fsp3) is 0.500. The lowest BCUT2D eigenvalue weighted by molar-refractivity contribution is -0.0371. The number of carbonyl (C=O) groups is 2. The summed E-state index contributed by atoms with van der Waals surface area (Å²) in [5, 5.41) is 13.9. The van der Waals surface area contributed by atoms with Crippen LogP contribution in [0.4, 0.5) is 0 Å². The van der Waals surface area contributed by atoms with Gasteiger partial charge in [-0.05, 0) is 77.1 Å². The number of morpholine rings is 1. The van der Waals surface area contributed by atoms with Gasteiger partial charge in [-0.1, -0.05) is 36.4 Å². The van der Waals surface area contributed by atoms with Gasteiger partial charge in [0.15, 0.2) is 0 Å². The summed E-state index contributed by atoms with van der Waals surface area (Å²) in [6.07, 6.45) is 0.807. The smallest absolute Gasteiger partial charge is 0.254 e. The Bertz CT molecular complexity index is 1010. The minimum atomic E-state index is -0.634. The molecule has 0 bridgehead atoms. The summed E-state index contributed by atoms with van der Waals surface area (Å²) >= 11 is 0. The molecule has 1 aliphatic rings. The first-order valence-corrected chi connectivity index (χ1v) is 12.0. The summed E-state index contributed by atoms with van der Waals surface area (Å²) in [6, 6.07) is 15.0. The van der Waals surface area contributed by atoms with E-state index in [1.54, 1.807) is 0 Å². The third-order valence-corrected chi connectivity index (χ3v) is 6.09. The Balaban J connectivity index is 1.69. The number of rotatable bonds is 7. The minimum Gasteiger partial charge on any atom is -0.393 e. The molecular weight excluding hydrogens is 428 g/mol. The van der Waals surface area contributed by atoms with Crippen molar-refractivity contribution in [2.45, 2.75) is 71.1 Å². The van der Waals surface area contributed by atoms with Crippen molar-refractivity contribution >= 4 is 11.8 Å². The van der Waals surface area contributed by atoms with Crippen LogP contribution in [0.5, 0.6) is 0 Å². The zero-order valence-electron chi connectivity index (χ0n) is 21.1. The predicted molar refractivity (Wildman–Crippen MR) is 134 cm³/mol. The highest BCUT2D eigenvalue weighted by Crippen LogP contribution is 2.24. The molecule has 1 aliphatic heterocycles. The molecule has 2 N–H and O–H groups in total. The highest BCUT2D eigenvalue weighted by Gasteiger charge is 2.35. The van der Waals surface area contributed by atoms with E-state index in [0.717, 1.165) is 11.1 Å².